The molecule has 0 radical (unpaired) electrons. The van der Waals surface area contributed by atoms with Crippen molar-refractivity contribution in [2.75, 3.05) is 0 Å². The Morgan fingerprint density at radius 1 is 0.426 bits per heavy atom. The fourth-order valence-corrected chi connectivity index (χ4v) is 7.56. The molecule has 0 aliphatic carbocycles. The van der Waals surface area contributed by atoms with Gasteiger partial charge in [-0.15, -0.1) is 0 Å². The predicted molar refractivity (Wildman–Crippen MR) is 191 cm³/mol. The first-order valence-electron chi connectivity index (χ1n) is 15.8. The summed E-state index contributed by atoms with van der Waals surface area (Å²) in [5.41, 5.74) is 7.03. The monoisotopic (exact) mass is 601 g/mol. The van der Waals surface area contributed by atoms with Crippen molar-refractivity contribution >= 4 is 87.4 Å². The lowest BCUT2D eigenvalue weighted by Crippen LogP contribution is -2.03. The Morgan fingerprint density at radius 2 is 1.13 bits per heavy atom. The summed E-state index contributed by atoms with van der Waals surface area (Å²) in [5, 5.41) is 11.1. The third kappa shape index (κ3) is 3.37. The van der Waals surface area contributed by atoms with E-state index >= 15 is 0 Å². The lowest BCUT2D eigenvalue weighted by atomic mass is 9.99. The van der Waals surface area contributed by atoms with Crippen LogP contribution < -0.4 is 0 Å². The molecular formula is C42H23N3O2. The fraction of sp³-hybridized carbons (Fsp3) is 0. The molecule has 0 aliphatic rings. The maximum atomic E-state index is 6.44. The van der Waals surface area contributed by atoms with Gasteiger partial charge in [-0.05, 0) is 57.9 Å². The normalized spacial score (nSPS) is 12.3. The molecule has 0 N–H and O–H groups in total. The summed E-state index contributed by atoms with van der Waals surface area (Å²) in [6.07, 6.45) is 0. The van der Waals surface area contributed by atoms with Crippen molar-refractivity contribution in [2.24, 2.45) is 0 Å². The van der Waals surface area contributed by atoms with Crippen molar-refractivity contribution in [3.8, 4) is 17.2 Å². The molecular weight excluding hydrogens is 578 g/mol. The van der Waals surface area contributed by atoms with E-state index in [2.05, 4.69) is 95.6 Å². The first-order chi connectivity index (χ1) is 23.3. The summed E-state index contributed by atoms with van der Waals surface area (Å²) in [4.78, 5) is 10.5. The second-order valence-corrected chi connectivity index (χ2v) is 12.2. The van der Waals surface area contributed by atoms with E-state index in [9.17, 15) is 0 Å². The Morgan fingerprint density at radius 3 is 1.98 bits per heavy atom. The molecule has 4 heterocycles. The Balaban J connectivity index is 1.34. The second-order valence-electron chi connectivity index (χ2n) is 12.2. The number of furan rings is 2. The molecule has 5 nitrogen and oxygen atoms in total. The van der Waals surface area contributed by atoms with Gasteiger partial charge in [0, 0.05) is 32.5 Å². The average Bonchev–Trinajstić information content (AvgIpc) is 3.80. The number of benzene rings is 7. The molecule has 0 amide bonds. The van der Waals surface area contributed by atoms with Gasteiger partial charge < -0.3 is 8.83 Å². The SMILES string of the molecule is c1ccc(-c2nc(-n3c4cc5c(ccc6oc7ccccc7c65)cc4c4c5ccccc5ccc43)nc3oc4ccccc4c23)cc1. The molecule has 0 saturated carbocycles. The van der Waals surface area contributed by atoms with Gasteiger partial charge in [0.1, 0.15) is 16.7 Å². The minimum atomic E-state index is 0.564. The van der Waals surface area contributed by atoms with E-state index in [1.807, 2.05) is 48.5 Å². The van der Waals surface area contributed by atoms with Crippen LogP contribution >= 0.6 is 0 Å². The highest BCUT2D eigenvalue weighted by Gasteiger charge is 2.23. The van der Waals surface area contributed by atoms with Gasteiger partial charge >= 0.3 is 0 Å². The highest BCUT2D eigenvalue weighted by atomic mass is 16.3. The van der Waals surface area contributed by atoms with Crippen LogP contribution in [0.5, 0.6) is 0 Å². The van der Waals surface area contributed by atoms with Crippen LogP contribution in [0, 0.1) is 0 Å². The lowest BCUT2D eigenvalue weighted by molar-refractivity contribution is 0.651. The van der Waals surface area contributed by atoms with Crippen molar-refractivity contribution in [1.82, 2.24) is 14.5 Å². The van der Waals surface area contributed by atoms with Gasteiger partial charge in [0.15, 0.2) is 0 Å². The van der Waals surface area contributed by atoms with E-state index in [-0.39, 0.29) is 0 Å². The second kappa shape index (κ2) is 9.05. The quantitative estimate of drug-likeness (QED) is 0.198. The molecule has 0 spiro atoms. The zero-order chi connectivity index (χ0) is 30.6. The van der Waals surface area contributed by atoms with Crippen LogP contribution in [0.2, 0.25) is 0 Å². The number of rotatable bonds is 2. The van der Waals surface area contributed by atoms with Crippen LogP contribution in [0.3, 0.4) is 0 Å². The molecule has 0 saturated heterocycles. The Bertz CT molecular complexity index is 3070. The molecule has 0 aliphatic heterocycles. The molecule has 11 aromatic rings. The predicted octanol–water partition coefficient (Wildman–Crippen LogP) is 11.3. The average molecular weight is 602 g/mol. The Hall–Kier alpha value is -6.46. The molecule has 5 heteroatoms. The number of hydrogen-bond donors (Lipinski definition) is 0. The summed E-state index contributed by atoms with van der Waals surface area (Å²) in [7, 11) is 0. The van der Waals surface area contributed by atoms with Crippen molar-refractivity contribution in [2.45, 2.75) is 0 Å². The summed E-state index contributed by atoms with van der Waals surface area (Å²) < 4.78 is 14.9. The topological polar surface area (TPSA) is 57.0 Å². The lowest BCUT2D eigenvalue weighted by Gasteiger charge is -2.10. The van der Waals surface area contributed by atoms with Crippen LogP contribution in [0.4, 0.5) is 0 Å². The Labute approximate surface area is 266 Å². The number of fused-ring (bicyclic) bond motifs is 13. The van der Waals surface area contributed by atoms with Crippen molar-refractivity contribution in [1.29, 1.82) is 0 Å². The van der Waals surface area contributed by atoms with Crippen LogP contribution in [0.25, 0.3) is 105 Å². The van der Waals surface area contributed by atoms with Gasteiger partial charge in [0.25, 0.3) is 0 Å². The molecule has 0 unspecified atom stereocenters. The standard InChI is InChI=1S/C42H23N3O2/c1-2-11-25(12-3-1)40-39-29-15-7-9-17-35(29)47-41(39)44-42(43-40)45-32-20-18-24-10-4-5-13-27(24)37(32)31-22-26-19-21-36-38(30(26)23-33(31)45)28-14-6-8-16-34(28)46-36/h1-23H. The Kier molecular flexibility index (Phi) is 4.78. The van der Waals surface area contributed by atoms with Crippen molar-refractivity contribution in [3.05, 3.63) is 140 Å². The summed E-state index contributed by atoms with van der Waals surface area (Å²) in [6, 6.07) is 48.5. The minimum Gasteiger partial charge on any atom is -0.456 e. The van der Waals surface area contributed by atoms with E-state index in [1.165, 1.54) is 16.2 Å². The third-order valence-electron chi connectivity index (χ3n) is 9.61. The number of para-hydroxylation sites is 2. The van der Waals surface area contributed by atoms with Crippen molar-refractivity contribution < 1.29 is 8.83 Å². The summed E-state index contributed by atoms with van der Waals surface area (Å²) in [5.74, 6) is 0.564. The smallest absolute Gasteiger partial charge is 0.238 e. The first-order valence-corrected chi connectivity index (χ1v) is 15.8. The fourth-order valence-electron chi connectivity index (χ4n) is 7.56. The summed E-state index contributed by atoms with van der Waals surface area (Å²) >= 11 is 0. The summed E-state index contributed by atoms with van der Waals surface area (Å²) in [6.45, 7) is 0. The number of hydrogen-bond acceptors (Lipinski definition) is 4. The van der Waals surface area contributed by atoms with Gasteiger partial charge in [-0.2, -0.15) is 4.98 Å². The van der Waals surface area contributed by atoms with Crippen LogP contribution in [0.1, 0.15) is 0 Å². The van der Waals surface area contributed by atoms with Gasteiger partial charge in [-0.25, -0.2) is 4.98 Å². The molecule has 11 rings (SSSR count). The zero-order valence-corrected chi connectivity index (χ0v) is 24.9. The van der Waals surface area contributed by atoms with E-state index in [0.29, 0.717) is 11.7 Å². The van der Waals surface area contributed by atoms with Crippen LogP contribution in [-0.4, -0.2) is 14.5 Å². The van der Waals surface area contributed by atoms with E-state index in [4.69, 9.17) is 18.8 Å². The van der Waals surface area contributed by atoms with Gasteiger partial charge in [-0.3, -0.25) is 4.57 Å². The highest BCUT2D eigenvalue weighted by molar-refractivity contribution is 6.27. The van der Waals surface area contributed by atoms with E-state index < -0.39 is 0 Å². The molecule has 0 bridgehead atoms. The molecule has 218 valence electrons. The van der Waals surface area contributed by atoms with Crippen molar-refractivity contribution in [3.63, 3.8) is 0 Å². The molecule has 0 fully saturated rings. The largest absolute Gasteiger partial charge is 0.456 e. The van der Waals surface area contributed by atoms with Gasteiger partial charge in [0.05, 0.1) is 22.1 Å². The van der Waals surface area contributed by atoms with E-state index in [0.717, 1.165) is 76.7 Å². The number of aromatic nitrogens is 3. The maximum Gasteiger partial charge on any atom is 0.238 e. The van der Waals surface area contributed by atoms with Crippen LogP contribution in [0.15, 0.2) is 148 Å². The van der Waals surface area contributed by atoms with Gasteiger partial charge in [-0.1, -0.05) is 103 Å². The molecule has 7 aromatic carbocycles. The first kappa shape index (κ1) is 24.8. The van der Waals surface area contributed by atoms with E-state index in [1.54, 1.807) is 0 Å². The number of nitrogens with zero attached hydrogens (tertiary/aromatic N) is 3. The maximum absolute atomic E-state index is 6.44. The van der Waals surface area contributed by atoms with Gasteiger partial charge in [0.2, 0.25) is 11.7 Å². The highest BCUT2D eigenvalue weighted by Crippen LogP contribution is 2.43. The van der Waals surface area contributed by atoms with Crippen LogP contribution in [-0.2, 0) is 0 Å². The molecule has 47 heavy (non-hydrogen) atoms. The zero-order valence-electron chi connectivity index (χ0n) is 24.9. The third-order valence-corrected chi connectivity index (χ3v) is 9.61. The molecule has 4 aromatic heterocycles. The minimum absolute atomic E-state index is 0.564. The molecule has 0 atom stereocenters.